The number of aliphatic hydroxyl groups excluding tert-OH is 1. The smallest absolute Gasteiger partial charge is 0.272 e. The Hall–Kier alpha value is -1.13. The van der Waals surface area contributed by atoms with E-state index in [0.717, 1.165) is 19.3 Å². The van der Waals surface area contributed by atoms with Crippen molar-refractivity contribution in [2.75, 3.05) is 19.7 Å². The van der Waals surface area contributed by atoms with Crippen LogP contribution in [-0.2, 0) is 0 Å². The number of pyridine rings is 1. The maximum absolute atomic E-state index is 12.3. The van der Waals surface area contributed by atoms with E-state index < -0.39 is 0 Å². The van der Waals surface area contributed by atoms with Gasteiger partial charge in [0.15, 0.2) is 0 Å². The lowest BCUT2D eigenvalue weighted by Gasteiger charge is -2.40. The van der Waals surface area contributed by atoms with Crippen LogP contribution in [0.1, 0.15) is 36.7 Å². The summed E-state index contributed by atoms with van der Waals surface area (Å²) in [5.74, 6) is -0.0786. The van der Waals surface area contributed by atoms with Gasteiger partial charge in [0.1, 0.15) is 10.8 Å². The number of piperidine rings is 1. The first-order valence-corrected chi connectivity index (χ1v) is 7.01. The average Bonchev–Trinajstić information content (AvgIpc) is 2.46. The summed E-state index contributed by atoms with van der Waals surface area (Å²) >= 11 is 5.80. The Morgan fingerprint density at radius 2 is 2.16 bits per heavy atom. The predicted molar refractivity (Wildman–Crippen MR) is 74.2 cm³/mol. The molecule has 0 aliphatic carbocycles. The summed E-state index contributed by atoms with van der Waals surface area (Å²) in [6.45, 7) is 3.62. The lowest BCUT2D eigenvalue weighted by atomic mass is 9.77. The summed E-state index contributed by atoms with van der Waals surface area (Å²) < 4.78 is 0. The minimum Gasteiger partial charge on any atom is -0.396 e. The van der Waals surface area contributed by atoms with Crippen molar-refractivity contribution in [1.82, 2.24) is 9.88 Å². The molecule has 1 aromatic rings. The van der Waals surface area contributed by atoms with Gasteiger partial charge in [0.2, 0.25) is 0 Å². The Labute approximate surface area is 118 Å². The number of carbonyl (C=O) groups is 1. The van der Waals surface area contributed by atoms with Crippen LogP contribution in [0.4, 0.5) is 0 Å². The molecule has 4 nitrogen and oxygen atoms in total. The molecule has 0 aromatic carbocycles. The van der Waals surface area contributed by atoms with Gasteiger partial charge in [-0.15, -0.1) is 0 Å². The molecule has 0 unspecified atom stereocenters. The number of hydrogen-bond donors (Lipinski definition) is 1. The Balaban J connectivity index is 2.04. The third kappa shape index (κ3) is 3.07. The molecule has 1 N–H and O–H groups in total. The van der Waals surface area contributed by atoms with E-state index in [9.17, 15) is 9.90 Å². The van der Waals surface area contributed by atoms with E-state index in [1.165, 1.54) is 0 Å². The van der Waals surface area contributed by atoms with Crippen LogP contribution < -0.4 is 0 Å². The highest BCUT2D eigenvalue weighted by molar-refractivity contribution is 6.29. The average molecular weight is 283 g/mol. The fourth-order valence-electron chi connectivity index (χ4n) is 2.50. The van der Waals surface area contributed by atoms with Crippen molar-refractivity contribution in [3.63, 3.8) is 0 Å². The van der Waals surface area contributed by atoms with E-state index in [0.29, 0.717) is 23.9 Å². The normalized spacial score (nSPS) is 18.4. The van der Waals surface area contributed by atoms with Crippen LogP contribution in [0, 0.1) is 5.41 Å². The van der Waals surface area contributed by atoms with Crippen LogP contribution in [0.2, 0.25) is 5.15 Å². The second kappa shape index (κ2) is 5.88. The van der Waals surface area contributed by atoms with E-state index >= 15 is 0 Å². The van der Waals surface area contributed by atoms with Crippen molar-refractivity contribution >= 4 is 17.5 Å². The van der Waals surface area contributed by atoms with Crippen molar-refractivity contribution in [1.29, 1.82) is 0 Å². The molecule has 19 heavy (non-hydrogen) atoms. The van der Waals surface area contributed by atoms with Crippen LogP contribution in [-0.4, -0.2) is 40.6 Å². The lowest BCUT2D eigenvalue weighted by molar-refractivity contribution is 0.0335. The third-order valence-electron chi connectivity index (χ3n) is 4.13. The quantitative estimate of drug-likeness (QED) is 0.866. The summed E-state index contributed by atoms with van der Waals surface area (Å²) in [4.78, 5) is 18.1. The SMILES string of the molecule is CCC1(CO)CCN(C(=O)c2cccc(Cl)n2)CC1. The highest BCUT2D eigenvalue weighted by atomic mass is 35.5. The van der Waals surface area contributed by atoms with Crippen LogP contribution in [0.25, 0.3) is 0 Å². The maximum Gasteiger partial charge on any atom is 0.272 e. The molecule has 1 aliphatic rings. The van der Waals surface area contributed by atoms with Gasteiger partial charge in [-0.25, -0.2) is 4.98 Å². The standard InChI is InChI=1S/C14H19ClN2O2/c1-2-14(10-18)6-8-17(9-7-14)13(19)11-4-3-5-12(15)16-11/h3-5,18H,2,6-10H2,1H3. The fraction of sp³-hybridized carbons (Fsp3) is 0.571. The van der Waals surface area contributed by atoms with Gasteiger partial charge in [-0.1, -0.05) is 24.6 Å². The number of nitrogens with zero attached hydrogens (tertiary/aromatic N) is 2. The topological polar surface area (TPSA) is 53.4 Å². The van der Waals surface area contributed by atoms with Gasteiger partial charge in [0.25, 0.3) is 5.91 Å². The van der Waals surface area contributed by atoms with Crippen molar-refractivity contribution in [3.8, 4) is 0 Å². The molecule has 1 saturated heterocycles. The van der Waals surface area contributed by atoms with Gasteiger partial charge in [0.05, 0.1) is 0 Å². The van der Waals surface area contributed by atoms with Crippen LogP contribution >= 0.6 is 11.6 Å². The minimum absolute atomic E-state index is 0.0153. The molecule has 1 fully saturated rings. The molecule has 1 aliphatic heterocycles. The van der Waals surface area contributed by atoms with Gasteiger partial charge in [-0.3, -0.25) is 4.79 Å². The van der Waals surface area contributed by atoms with Gasteiger partial charge in [-0.2, -0.15) is 0 Å². The first-order valence-electron chi connectivity index (χ1n) is 6.63. The van der Waals surface area contributed by atoms with Gasteiger partial charge >= 0.3 is 0 Å². The lowest BCUT2D eigenvalue weighted by Crippen LogP contribution is -2.44. The first-order chi connectivity index (χ1) is 9.10. The largest absolute Gasteiger partial charge is 0.396 e. The second-order valence-electron chi connectivity index (χ2n) is 5.15. The molecule has 0 radical (unpaired) electrons. The molecular weight excluding hydrogens is 264 g/mol. The number of halogens is 1. The Morgan fingerprint density at radius 1 is 1.47 bits per heavy atom. The second-order valence-corrected chi connectivity index (χ2v) is 5.54. The first kappa shape index (κ1) is 14.3. The van der Waals surface area contributed by atoms with E-state index in [1.54, 1.807) is 23.1 Å². The summed E-state index contributed by atoms with van der Waals surface area (Å²) in [6, 6.07) is 5.07. The predicted octanol–water partition coefficient (Wildman–Crippen LogP) is 2.36. The third-order valence-corrected chi connectivity index (χ3v) is 4.34. The molecule has 0 bridgehead atoms. The Bertz CT molecular complexity index is 451. The van der Waals surface area contributed by atoms with E-state index in [1.807, 2.05) is 0 Å². The highest BCUT2D eigenvalue weighted by Gasteiger charge is 2.34. The summed E-state index contributed by atoms with van der Waals surface area (Å²) in [6.07, 6.45) is 2.62. The molecule has 2 heterocycles. The molecular formula is C14H19ClN2O2. The molecule has 0 saturated carbocycles. The van der Waals surface area contributed by atoms with E-state index in [-0.39, 0.29) is 17.9 Å². The number of likely N-dealkylation sites (tertiary alicyclic amines) is 1. The zero-order valence-corrected chi connectivity index (χ0v) is 11.9. The van der Waals surface area contributed by atoms with Crippen molar-refractivity contribution in [2.24, 2.45) is 5.41 Å². The molecule has 5 heteroatoms. The molecule has 0 spiro atoms. The van der Waals surface area contributed by atoms with Crippen LogP contribution in [0.5, 0.6) is 0 Å². The van der Waals surface area contributed by atoms with Gasteiger partial charge in [0, 0.05) is 19.7 Å². The van der Waals surface area contributed by atoms with E-state index in [2.05, 4.69) is 11.9 Å². The van der Waals surface area contributed by atoms with Crippen molar-refractivity contribution in [3.05, 3.63) is 29.0 Å². The zero-order valence-electron chi connectivity index (χ0n) is 11.1. The summed E-state index contributed by atoms with van der Waals surface area (Å²) in [5.41, 5.74) is 0.374. The number of hydrogen-bond acceptors (Lipinski definition) is 3. The number of aromatic nitrogens is 1. The number of aliphatic hydroxyl groups is 1. The van der Waals surface area contributed by atoms with Crippen LogP contribution in [0.3, 0.4) is 0 Å². The minimum atomic E-state index is -0.0786. The zero-order chi connectivity index (χ0) is 13.9. The number of amides is 1. The Morgan fingerprint density at radius 3 is 2.68 bits per heavy atom. The number of carbonyl (C=O) groups excluding carboxylic acids is 1. The van der Waals surface area contributed by atoms with E-state index in [4.69, 9.17) is 11.6 Å². The Kier molecular flexibility index (Phi) is 4.42. The monoisotopic (exact) mass is 282 g/mol. The summed E-state index contributed by atoms with van der Waals surface area (Å²) in [7, 11) is 0. The van der Waals surface area contributed by atoms with Crippen LogP contribution in [0.15, 0.2) is 18.2 Å². The fourth-order valence-corrected chi connectivity index (χ4v) is 2.66. The molecule has 1 aromatic heterocycles. The molecule has 0 atom stereocenters. The van der Waals surface area contributed by atoms with Gasteiger partial charge in [-0.05, 0) is 36.8 Å². The molecule has 1 amide bonds. The summed E-state index contributed by atoms with van der Waals surface area (Å²) in [5, 5.41) is 9.82. The highest BCUT2D eigenvalue weighted by Crippen LogP contribution is 2.34. The maximum atomic E-state index is 12.3. The van der Waals surface area contributed by atoms with Crippen molar-refractivity contribution < 1.29 is 9.90 Å². The number of rotatable bonds is 3. The van der Waals surface area contributed by atoms with Crippen molar-refractivity contribution in [2.45, 2.75) is 26.2 Å². The van der Waals surface area contributed by atoms with Gasteiger partial charge < -0.3 is 10.0 Å². The molecule has 104 valence electrons. The molecule has 2 rings (SSSR count).